The van der Waals surface area contributed by atoms with E-state index >= 15 is 0 Å². The van der Waals surface area contributed by atoms with Gasteiger partial charge in [0.05, 0.1) is 6.61 Å². The lowest BCUT2D eigenvalue weighted by Crippen LogP contribution is -2.21. The Hall–Kier alpha value is -0.580. The van der Waals surface area contributed by atoms with Crippen molar-refractivity contribution in [3.8, 4) is 0 Å². The van der Waals surface area contributed by atoms with Crippen molar-refractivity contribution in [3.05, 3.63) is 28.2 Å². The predicted molar refractivity (Wildman–Crippen MR) is 69.3 cm³/mol. The fraction of sp³-hybridized carbons (Fsp3) is 0.500. The molecule has 1 aromatic rings. The Bertz CT molecular complexity index is 370. The van der Waals surface area contributed by atoms with Gasteiger partial charge in [-0.05, 0) is 37.1 Å². The molecule has 0 aliphatic carbocycles. The minimum Gasteiger partial charge on any atom is -0.371 e. The maximum Gasteiger partial charge on any atom is 0.0724 e. The van der Waals surface area contributed by atoms with Crippen LogP contribution in [0.2, 0.25) is 0 Å². The van der Waals surface area contributed by atoms with E-state index in [2.05, 4.69) is 46.0 Å². The van der Waals surface area contributed by atoms with Gasteiger partial charge in [-0.15, -0.1) is 0 Å². The summed E-state index contributed by atoms with van der Waals surface area (Å²) >= 11 is 3.52. The van der Waals surface area contributed by atoms with E-state index in [1.54, 1.807) is 0 Å². The second-order valence-corrected chi connectivity index (χ2v) is 5.22. The maximum atomic E-state index is 5.11. The number of nitrogens with zero attached hydrogens (tertiary/aromatic N) is 1. The van der Waals surface area contributed by atoms with E-state index < -0.39 is 0 Å². The highest BCUT2D eigenvalue weighted by molar-refractivity contribution is 9.10. The van der Waals surface area contributed by atoms with E-state index in [9.17, 15) is 0 Å². The van der Waals surface area contributed by atoms with Gasteiger partial charge in [0.15, 0.2) is 0 Å². The van der Waals surface area contributed by atoms with E-state index in [0.717, 1.165) is 24.0 Å². The molecular formula is C12H17BrN2O. The molecule has 1 aliphatic heterocycles. The second-order valence-electron chi connectivity index (χ2n) is 4.37. The smallest absolute Gasteiger partial charge is 0.0724 e. The van der Waals surface area contributed by atoms with Crippen LogP contribution in [0.3, 0.4) is 0 Å². The number of aryl methyl sites for hydroxylation is 1. The summed E-state index contributed by atoms with van der Waals surface area (Å²) in [5, 5.41) is 0. The molecule has 0 saturated carbocycles. The Kier molecular flexibility index (Phi) is 3.84. The Morgan fingerprint density at radius 2 is 2.38 bits per heavy atom. The van der Waals surface area contributed by atoms with Gasteiger partial charge < -0.3 is 9.74 Å². The number of hydrogen-bond acceptors (Lipinski definition) is 3. The molecule has 1 aromatic carbocycles. The number of anilines is 1. The molecule has 88 valence electrons. The monoisotopic (exact) mass is 284 g/mol. The van der Waals surface area contributed by atoms with Gasteiger partial charge in [0, 0.05) is 29.2 Å². The van der Waals surface area contributed by atoms with Gasteiger partial charge in [0.1, 0.15) is 0 Å². The Morgan fingerprint density at radius 3 is 3.06 bits per heavy atom. The van der Waals surface area contributed by atoms with Gasteiger partial charge >= 0.3 is 0 Å². The van der Waals surface area contributed by atoms with Crippen molar-refractivity contribution >= 4 is 21.6 Å². The van der Waals surface area contributed by atoms with E-state index in [1.807, 2.05) is 0 Å². The highest BCUT2D eigenvalue weighted by Gasteiger charge is 2.22. The number of rotatable bonds is 3. The Balaban J connectivity index is 2.05. The summed E-state index contributed by atoms with van der Waals surface area (Å²) in [6.45, 7) is 4.91. The van der Waals surface area contributed by atoms with Gasteiger partial charge in [0.2, 0.25) is 0 Å². The molecule has 16 heavy (non-hydrogen) atoms. The third-order valence-corrected chi connectivity index (χ3v) is 4.01. The third kappa shape index (κ3) is 2.56. The molecule has 1 saturated heterocycles. The predicted octanol–water partition coefficient (Wildman–Crippen LogP) is 2.47. The zero-order valence-corrected chi connectivity index (χ0v) is 11.0. The topological polar surface area (TPSA) is 38.5 Å². The molecular weight excluding hydrogens is 268 g/mol. The SMILES string of the molecule is Cc1cc(N2CCC(CON)C2)ccc1Br. The lowest BCUT2D eigenvalue weighted by molar-refractivity contribution is 0.108. The highest BCUT2D eigenvalue weighted by Crippen LogP contribution is 2.27. The van der Waals surface area contributed by atoms with Crippen LogP contribution < -0.4 is 10.8 Å². The molecule has 0 bridgehead atoms. The number of hydrogen-bond donors (Lipinski definition) is 1. The number of benzene rings is 1. The van der Waals surface area contributed by atoms with Crippen molar-refractivity contribution in [1.82, 2.24) is 0 Å². The zero-order valence-electron chi connectivity index (χ0n) is 9.45. The van der Waals surface area contributed by atoms with Gasteiger partial charge in [-0.3, -0.25) is 0 Å². The lowest BCUT2D eigenvalue weighted by atomic mass is 10.1. The molecule has 0 aromatic heterocycles. The standard InChI is InChI=1S/C12H17BrN2O/c1-9-6-11(2-3-12(9)13)15-5-4-10(7-15)8-16-14/h2-3,6,10H,4-5,7-8,14H2,1H3. The maximum absolute atomic E-state index is 5.11. The van der Waals surface area contributed by atoms with Crippen LogP contribution in [0.15, 0.2) is 22.7 Å². The first kappa shape index (κ1) is 11.9. The zero-order chi connectivity index (χ0) is 11.5. The van der Waals surface area contributed by atoms with E-state index in [4.69, 9.17) is 10.7 Å². The van der Waals surface area contributed by atoms with Crippen LogP contribution in [0.4, 0.5) is 5.69 Å². The average molecular weight is 285 g/mol. The van der Waals surface area contributed by atoms with Gasteiger partial charge in [-0.25, -0.2) is 5.90 Å². The molecule has 1 heterocycles. The minimum atomic E-state index is 0.564. The summed E-state index contributed by atoms with van der Waals surface area (Å²) in [7, 11) is 0. The van der Waals surface area contributed by atoms with Crippen LogP contribution in [0.25, 0.3) is 0 Å². The summed E-state index contributed by atoms with van der Waals surface area (Å²) in [5.41, 5.74) is 2.57. The summed E-state index contributed by atoms with van der Waals surface area (Å²) in [6, 6.07) is 6.48. The molecule has 2 rings (SSSR count). The van der Waals surface area contributed by atoms with Crippen LogP contribution in [-0.4, -0.2) is 19.7 Å². The van der Waals surface area contributed by atoms with Gasteiger partial charge in [0.25, 0.3) is 0 Å². The van der Waals surface area contributed by atoms with Crippen molar-refractivity contribution in [2.24, 2.45) is 11.8 Å². The van der Waals surface area contributed by atoms with Crippen molar-refractivity contribution in [2.45, 2.75) is 13.3 Å². The molecule has 0 spiro atoms. The Labute approximate surface area is 105 Å². The number of halogens is 1. The first-order chi connectivity index (χ1) is 7.70. The van der Waals surface area contributed by atoms with Crippen molar-refractivity contribution in [3.63, 3.8) is 0 Å². The third-order valence-electron chi connectivity index (χ3n) is 3.12. The largest absolute Gasteiger partial charge is 0.371 e. The van der Waals surface area contributed by atoms with Crippen LogP contribution >= 0.6 is 15.9 Å². The summed E-state index contributed by atoms with van der Waals surface area (Å²) < 4.78 is 1.16. The lowest BCUT2D eigenvalue weighted by Gasteiger charge is -2.19. The molecule has 1 atom stereocenters. The molecule has 1 aliphatic rings. The first-order valence-electron chi connectivity index (χ1n) is 5.53. The minimum absolute atomic E-state index is 0.564. The average Bonchev–Trinajstić information content (AvgIpc) is 2.71. The van der Waals surface area contributed by atoms with Gasteiger partial charge in [-0.2, -0.15) is 0 Å². The van der Waals surface area contributed by atoms with Crippen molar-refractivity contribution in [2.75, 3.05) is 24.6 Å². The van der Waals surface area contributed by atoms with Crippen molar-refractivity contribution in [1.29, 1.82) is 0 Å². The van der Waals surface area contributed by atoms with Gasteiger partial charge in [-0.1, -0.05) is 15.9 Å². The Morgan fingerprint density at radius 1 is 1.56 bits per heavy atom. The number of nitrogens with two attached hydrogens (primary N) is 1. The van der Waals surface area contributed by atoms with E-state index in [1.165, 1.54) is 11.3 Å². The quantitative estimate of drug-likeness (QED) is 0.867. The molecule has 1 fully saturated rings. The fourth-order valence-corrected chi connectivity index (χ4v) is 2.41. The molecule has 0 amide bonds. The summed E-state index contributed by atoms with van der Waals surface area (Å²) in [4.78, 5) is 7.11. The molecule has 0 radical (unpaired) electrons. The summed E-state index contributed by atoms with van der Waals surface area (Å²) in [5.74, 6) is 5.68. The second kappa shape index (κ2) is 5.17. The van der Waals surface area contributed by atoms with Crippen molar-refractivity contribution < 1.29 is 4.84 Å². The fourth-order valence-electron chi connectivity index (χ4n) is 2.16. The van der Waals surface area contributed by atoms with Crippen LogP contribution in [-0.2, 0) is 4.84 Å². The normalized spacial score (nSPS) is 20.4. The molecule has 3 nitrogen and oxygen atoms in total. The molecule has 2 N–H and O–H groups in total. The molecule has 1 unspecified atom stereocenters. The molecule has 4 heteroatoms. The highest BCUT2D eigenvalue weighted by atomic mass is 79.9. The summed E-state index contributed by atoms with van der Waals surface area (Å²) in [6.07, 6.45) is 1.16. The van der Waals surface area contributed by atoms with Crippen LogP contribution in [0.1, 0.15) is 12.0 Å². The van der Waals surface area contributed by atoms with E-state index in [-0.39, 0.29) is 0 Å². The van der Waals surface area contributed by atoms with Crippen LogP contribution in [0, 0.1) is 12.8 Å². The van der Waals surface area contributed by atoms with Crippen LogP contribution in [0.5, 0.6) is 0 Å². The van der Waals surface area contributed by atoms with E-state index in [0.29, 0.717) is 12.5 Å². The first-order valence-corrected chi connectivity index (χ1v) is 6.33.